The summed E-state index contributed by atoms with van der Waals surface area (Å²) >= 11 is 0. The summed E-state index contributed by atoms with van der Waals surface area (Å²) < 4.78 is 25.6. The first-order chi connectivity index (χ1) is 11.8. The number of rotatable bonds is 4. The fraction of sp³-hybridized carbons (Fsp3) is 0.125. The van der Waals surface area contributed by atoms with Crippen molar-refractivity contribution in [3.63, 3.8) is 0 Å². The summed E-state index contributed by atoms with van der Waals surface area (Å²) in [5, 5.41) is 10.4. The zero-order valence-corrected chi connectivity index (χ0v) is 14.5. The lowest BCUT2D eigenvalue weighted by Gasteiger charge is -2.13. The molecule has 0 atom stereocenters. The van der Waals surface area contributed by atoms with Gasteiger partial charge in [-0.1, -0.05) is 0 Å². The van der Waals surface area contributed by atoms with Crippen LogP contribution in [0.4, 0.5) is 11.4 Å². The number of nitrogens with one attached hydrogen (secondary N) is 2. The van der Waals surface area contributed by atoms with E-state index < -0.39 is 15.9 Å². The molecule has 3 rings (SSSR count). The molecule has 1 amide bonds. The second-order valence-corrected chi connectivity index (χ2v) is 7.86. The third kappa shape index (κ3) is 3.32. The highest BCUT2D eigenvalue weighted by atomic mass is 32.2. The summed E-state index contributed by atoms with van der Waals surface area (Å²) in [6.45, 7) is 0. The maximum atomic E-state index is 12.5. The molecule has 25 heavy (non-hydrogen) atoms. The van der Waals surface area contributed by atoms with Gasteiger partial charge in [-0.2, -0.15) is 5.10 Å². The van der Waals surface area contributed by atoms with E-state index in [0.717, 1.165) is 15.2 Å². The number of H-pyrrole nitrogens is 1. The van der Waals surface area contributed by atoms with Crippen LogP contribution in [0.3, 0.4) is 0 Å². The van der Waals surface area contributed by atoms with Crippen LogP contribution in [0.1, 0.15) is 10.4 Å². The van der Waals surface area contributed by atoms with Crippen molar-refractivity contribution in [1.82, 2.24) is 14.5 Å². The number of nitrogens with zero attached hydrogens (tertiary/aromatic N) is 2. The Bertz CT molecular complexity index is 1060. The van der Waals surface area contributed by atoms with Crippen molar-refractivity contribution in [3.05, 3.63) is 48.2 Å². The lowest BCUT2D eigenvalue weighted by molar-refractivity contribution is 0.102. The first-order valence-corrected chi connectivity index (χ1v) is 8.79. The lowest BCUT2D eigenvalue weighted by Crippen LogP contribution is -2.23. The second kappa shape index (κ2) is 6.19. The molecule has 130 valence electrons. The zero-order chi connectivity index (χ0) is 18.2. The van der Waals surface area contributed by atoms with Gasteiger partial charge in [0.25, 0.3) is 5.91 Å². The van der Waals surface area contributed by atoms with Gasteiger partial charge in [0.05, 0.1) is 16.6 Å². The summed E-state index contributed by atoms with van der Waals surface area (Å²) in [6.07, 6.45) is 1.68. The fourth-order valence-electron chi connectivity index (χ4n) is 2.33. The Morgan fingerprint density at radius 3 is 2.68 bits per heavy atom. The number of fused-ring (bicyclic) bond motifs is 1. The highest BCUT2D eigenvalue weighted by molar-refractivity contribution is 7.89. The van der Waals surface area contributed by atoms with E-state index in [2.05, 4.69) is 15.5 Å². The lowest BCUT2D eigenvalue weighted by atomic mass is 10.1. The maximum absolute atomic E-state index is 12.5. The molecule has 0 fully saturated rings. The number of nitrogens with two attached hydrogens (primary N) is 1. The molecule has 0 saturated carbocycles. The molecule has 4 N–H and O–H groups in total. The van der Waals surface area contributed by atoms with Crippen molar-refractivity contribution < 1.29 is 13.2 Å². The number of carbonyl (C=O) groups is 1. The Labute approximate surface area is 144 Å². The molecule has 2 aromatic carbocycles. The van der Waals surface area contributed by atoms with Gasteiger partial charge in [0, 0.05) is 36.4 Å². The van der Waals surface area contributed by atoms with Crippen LogP contribution in [0.2, 0.25) is 0 Å². The normalized spacial score (nSPS) is 11.8. The van der Waals surface area contributed by atoms with E-state index in [0.29, 0.717) is 5.69 Å². The van der Waals surface area contributed by atoms with Crippen LogP contribution in [0, 0.1) is 0 Å². The Morgan fingerprint density at radius 1 is 1.20 bits per heavy atom. The van der Waals surface area contributed by atoms with Gasteiger partial charge in [0.2, 0.25) is 10.0 Å². The fourth-order valence-corrected chi connectivity index (χ4v) is 3.31. The van der Waals surface area contributed by atoms with Crippen molar-refractivity contribution in [3.8, 4) is 0 Å². The quantitative estimate of drug-likeness (QED) is 0.612. The molecule has 9 heteroatoms. The van der Waals surface area contributed by atoms with Gasteiger partial charge in [-0.3, -0.25) is 9.89 Å². The Hall–Kier alpha value is -2.91. The summed E-state index contributed by atoms with van der Waals surface area (Å²) in [4.78, 5) is 12.5. The minimum absolute atomic E-state index is 0.0355. The zero-order valence-electron chi connectivity index (χ0n) is 13.6. The van der Waals surface area contributed by atoms with E-state index in [4.69, 9.17) is 5.73 Å². The number of hydrogen-bond acceptors (Lipinski definition) is 5. The molecule has 0 aliphatic heterocycles. The predicted molar refractivity (Wildman–Crippen MR) is 95.8 cm³/mol. The standard InChI is InChI=1S/C16H17N5O3S/c1-21(2)25(23,24)14-6-11(5-12(17)7-14)16(22)19-13-4-3-10-9-18-20-15(10)8-13/h3-9H,17H2,1-2H3,(H,18,20)(H,19,22). The topological polar surface area (TPSA) is 121 Å². The van der Waals surface area contributed by atoms with Gasteiger partial charge in [0.15, 0.2) is 0 Å². The number of aromatic amines is 1. The summed E-state index contributed by atoms with van der Waals surface area (Å²) in [7, 11) is -0.860. The number of nitrogen functional groups attached to an aromatic ring is 1. The SMILES string of the molecule is CN(C)S(=O)(=O)c1cc(N)cc(C(=O)Nc2ccc3cn[nH]c3c2)c1. The number of hydrogen-bond donors (Lipinski definition) is 3. The number of sulfonamides is 1. The van der Waals surface area contributed by atoms with Gasteiger partial charge in [-0.25, -0.2) is 12.7 Å². The van der Waals surface area contributed by atoms with Crippen LogP contribution in [-0.4, -0.2) is 42.9 Å². The predicted octanol–water partition coefficient (Wildman–Crippen LogP) is 1.65. The van der Waals surface area contributed by atoms with Gasteiger partial charge >= 0.3 is 0 Å². The first kappa shape index (κ1) is 16.9. The molecule has 0 radical (unpaired) electrons. The average molecular weight is 359 g/mol. The summed E-state index contributed by atoms with van der Waals surface area (Å²) in [5.74, 6) is -0.457. The average Bonchev–Trinajstić information content (AvgIpc) is 3.01. The van der Waals surface area contributed by atoms with Crippen LogP contribution >= 0.6 is 0 Å². The Balaban J connectivity index is 1.92. The van der Waals surface area contributed by atoms with Crippen molar-refractivity contribution >= 4 is 38.2 Å². The largest absolute Gasteiger partial charge is 0.399 e. The highest BCUT2D eigenvalue weighted by Gasteiger charge is 2.20. The van der Waals surface area contributed by atoms with Gasteiger partial charge in [0.1, 0.15) is 0 Å². The minimum Gasteiger partial charge on any atom is -0.399 e. The van der Waals surface area contributed by atoms with E-state index in [1.165, 1.54) is 32.3 Å². The van der Waals surface area contributed by atoms with Gasteiger partial charge in [-0.15, -0.1) is 0 Å². The number of anilines is 2. The van der Waals surface area contributed by atoms with Crippen LogP contribution in [0.25, 0.3) is 10.9 Å². The minimum atomic E-state index is -3.69. The molecular formula is C16H17N5O3S. The third-order valence-corrected chi connectivity index (χ3v) is 5.46. The van der Waals surface area contributed by atoms with Gasteiger partial charge < -0.3 is 11.1 Å². The molecule has 8 nitrogen and oxygen atoms in total. The van der Waals surface area contributed by atoms with Crippen molar-refractivity contribution in [1.29, 1.82) is 0 Å². The summed E-state index contributed by atoms with van der Waals surface area (Å²) in [6, 6.07) is 9.34. The van der Waals surface area contributed by atoms with Crippen molar-refractivity contribution in [2.24, 2.45) is 0 Å². The van der Waals surface area contributed by atoms with E-state index in [9.17, 15) is 13.2 Å². The van der Waals surface area contributed by atoms with E-state index in [1.807, 2.05) is 6.07 Å². The Morgan fingerprint density at radius 2 is 1.96 bits per heavy atom. The number of amides is 1. The Kier molecular flexibility index (Phi) is 4.19. The third-order valence-electron chi connectivity index (χ3n) is 3.67. The number of benzene rings is 2. The number of carbonyl (C=O) groups excluding carboxylic acids is 1. The highest BCUT2D eigenvalue weighted by Crippen LogP contribution is 2.21. The van der Waals surface area contributed by atoms with E-state index in [-0.39, 0.29) is 16.1 Å². The molecule has 0 aliphatic carbocycles. The molecule has 0 spiro atoms. The van der Waals surface area contributed by atoms with Gasteiger partial charge in [-0.05, 0) is 36.4 Å². The van der Waals surface area contributed by atoms with Crippen LogP contribution in [0.5, 0.6) is 0 Å². The van der Waals surface area contributed by atoms with E-state index in [1.54, 1.807) is 18.3 Å². The molecule has 1 heterocycles. The van der Waals surface area contributed by atoms with Crippen LogP contribution < -0.4 is 11.1 Å². The first-order valence-electron chi connectivity index (χ1n) is 7.35. The van der Waals surface area contributed by atoms with Crippen molar-refractivity contribution in [2.45, 2.75) is 4.90 Å². The van der Waals surface area contributed by atoms with E-state index >= 15 is 0 Å². The molecule has 1 aromatic heterocycles. The molecule has 0 aliphatic rings. The molecule has 0 unspecified atom stereocenters. The number of aromatic nitrogens is 2. The maximum Gasteiger partial charge on any atom is 0.255 e. The monoisotopic (exact) mass is 359 g/mol. The smallest absolute Gasteiger partial charge is 0.255 e. The van der Waals surface area contributed by atoms with Crippen LogP contribution in [0.15, 0.2) is 47.5 Å². The van der Waals surface area contributed by atoms with Crippen LogP contribution in [-0.2, 0) is 10.0 Å². The van der Waals surface area contributed by atoms with Crippen molar-refractivity contribution in [2.75, 3.05) is 25.1 Å². The molecule has 0 bridgehead atoms. The molecule has 0 saturated heterocycles. The summed E-state index contributed by atoms with van der Waals surface area (Å²) in [5.41, 5.74) is 7.46. The molecule has 3 aromatic rings. The second-order valence-electron chi connectivity index (χ2n) is 5.70. The molecular weight excluding hydrogens is 342 g/mol.